The number of benzene rings is 3. The molecule has 1 amide bonds. The van der Waals surface area contributed by atoms with Crippen molar-refractivity contribution >= 4 is 11.6 Å². The molecule has 138 valence electrons. The highest BCUT2D eigenvalue weighted by Gasteiger charge is 2.04. The summed E-state index contributed by atoms with van der Waals surface area (Å²) in [6, 6.07) is 25.9. The van der Waals surface area contributed by atoms with Crippen LogP contribution in [0.2, 0.25) is 0 Å². The first kappa shape index (κ1) is 18.5. The third-order valence-corrected chi connectivity index (χ3v) is 4.31. The van der Waals surface area contributed by atoms with Gasteiger partial charge in [0.1, 0.15) is 5.75 Å². The standard InChI is InChI=1S/C23H24N2O2/c1-27-22-13-9-20(10-14-22)16-24-21-11-7-18(8-12-21)15-23(26)25-17-19-5-3-2-4-6-19/h2-14,24H,15-17H2,1H3,(H,25,26). The average molecular weight is 360 g/mol. The van der Waals surface area contributed by atoms with E-state index in [9.17, 15) is 4.79 Å². The van der Waals surface area contributed by atoms with E-state index in [1.807, 2.05) is 78.9 Å². The Kier molecular flexibility index (Phi) is 6.47. The van der Waals surface area contributed by atoms with Gasteiger partial charge in [-0.25, -0.2) is 0 Å². The minimum atomic E-state index is 0.0257. The second-order valence-corrected chi connectivity index (χ2v) is 6.34. The Morgan fingerprint density at radius 2 is 1.41 bits per heavy atom. The van der Waals surface area contributed by atoms with E-state index in [0.717, 1.165) is 29.1 Å². The van der Waals surface area contributed by atoms with E-state index in [2.05, 4.69) is 10.6 Å². The number of nitrogens with one attached hydrogen (secondary N) is 2. The van der Waals surface area contributed by atoms with Gasteiger partial charge in [-0.1, -0.05) is 54.6 Å². The number of methoxy groups -OCH3 is 1. The van der Waals surface area contributed by atoms with Crippen LogP contribution in [0.15, 0.2) is 78.9 Å². The van der Waals surface area contributed by atoms with Crippen LogP contribution in [-0.4, -0.2) is 13.0 Å². The molecule has 0 aliphatic carbocycles. The summed E-state index contributed by atoms with van der Waals surface area (Å²) in [6.45, 7) is 1.29. The fraction of sp³-hybridized carbons (Fsp3) is 0.174. The van der Waals surface area contributed by atoms with Gasteiger partial charge in [0.25, 0.3) is 0 Å². The molecule has 0 spiro atoms. The highest BCUT2D eigenvalue weighted by Crippen LogP contribution is 2.14. The van der Waals surface area contributed by atoms with Crippen molar-refractivity contribution < 1.29 is 9.53 Å². The SMILES string of the molecule is COc1ccc(CNc2ccc(CC(=O)NCc3ccccc3)cc2)cc1. The molecular formula is C23H24N2O2. The Morgan fingerprint density at radius 1 is 0.778 bits per heavy atom. The van der Waals surface area contributed by atoms with E-state index in [-0.39, 0.29) is 5.91 Å². The molecule has 0 saturated heterocycles. The van der Waals surface area contributed by atoms with Gasteiger partial charge in [0.05, 0.1) is 13.5 Å². The number of hydrogen-bond donors (Lipinski definition) is 2. The van der Waals surface area contributed by atoms with Crippen LogP contribution in [-0.2, 0) is 24.3 Å². The minimum absolute atomic E-state index is 0.0257. The van der Waals surface area contributed by atoms with Crippen molar-refractivity contribution in [1.29, 1.82) is 0 Å². The molecule has 0 radical (unpaired) electrons. The number of carbonyl (C=O) groups is 1. The lowest BCUT2D eigenvalue weighted by molar-refractivity contribution is -0.120. The lowest BCUT2D eigenvalue weighted by atomic mass is 10.1. The topological polar surface area (TPSA) is 50.4 Å². The molecule has 0 heterocycles. The van der Waals surface area contributed by atoms with Crippen LogP contribution in [0.3, 0.4) is 0 Å². The zero-order chi connectivity index (χ0) is 18.9. The molecule has 0 aliphatic rings. The second kappa shape index (κ2) is 9.43. The Balaban J connectivity index is 1.45. The fourth-order valence-electron chi connectivity index (χ4n) is 2.73. The number of rotatable bonds is 8. The molecule has 0 aromatic heterocycles. The van der Waals surface area contributed by atoms with Crippen LogP contribution >= 0.6 is 0 Å². The predicted molar refractivity (Wildman–Crippen MR) is 109 cm³/mol. The van der Waals surface area contributed by atoms with E-state index in [0.29, 0.717) is 13.0 Å². The van der Waals surface area contributed by atoms with Crippen LogP contribution in [0.5, 0.6) is 5.75 Å². The van der Waals surface area contributed by atoms with Crippen LogP contribution < -0.4 is 15.4 Å². The van der Waals surface area contributed by atoms with E-state index < -0.39 is 0 Å². The van der Waals surface area contributed by atoms with E-state index in [1.165, 1.54) is 5.56 Å². The molecule has 4 nitrogen and oxygen atoms in total. The molecular weight excluding hydrogens is 336 g/mol. The third kappa shape index (κ3) is 5.89. The van der Waals surface area contributed by atoms with Gasteiger partial charge in [-0.05, 0) is 41.0 Å². The highest BCUT2D eigenvalue weighted by molar-refractivity contribution is 5.78. The molecule has 0 bridgehead atoms. The van der Waals surface area contributed by atoms with Crippen molar-refractivity contribution in [3.05, 3.63) is 95.6 Å². The lowest BCUT2D eigenvalue weighted by Crippen LogP contribution is -2.24. The molecule has 0 saturated carbocycles. The minimum Gasteiger partial charge on any atom is -0.497 e. The van der Waals surface area contributed by atoms with Crippen LogP contribution in [0, 0.1) is 0 Å². The zero-order valence-electron chi connectivity index (χ0n) is 15.4. The number of anilines is 1. The first-order chi connectivity index (χ1) is 13.2. The maximum atomic E-state index is 12.1. The maximum absolute atomic E-state index is 12.1. The normalized spacial score (nSPS) is 10.3. The van der Waals surface area contributed by atoms with Gasteiger partial charge in [-0.2, -0.15) is 0 Å². The Bertz CT molecular complexity index is 844. The van der Waals surface area contributed by atoms with Crippen molar-refractivity contribution in [2.45, 2.75) is 19.5 Å². The van der Waals surface area contributed by atoms with Gasteiger partial charge < -0.3 is 15.4 Å². The summed E-state index contributed by atoms with van der Waals surface area (Å²) in [5, 5.41) is 6.34. The molecule has 4 heteroatoms. The fourth-order valence-corrected chi connectivity index (χ4v) is 2.73. The van der Waals surface area contributed by atoms with Gasteiger partial charge in [0.15, 0.2) is 0 Å². The number of hydrogen-bond acceptors (Lipinski definition) is 3. The van der Waals surface area contributed by atoms with Gasteiger partial charge in [-0.3, -0.25) is 4.79 Å². The first-order valence-corrected chi connectivity index (χ1v) is 8.99. The van der Waals surface area contributed by atoms with Crippen LogP contribution in [0.4, 0.5) is 5.69 Å². The van der Waals surface area contributed by atoms with Crippen molar-refractivity contribution in [3.8, 4) is 5.75 Å². The van der Waals surface area contributed by atoms with E-state index >= 15 is 0 Å². The van der Waals surface area contributed by atoms with Gasteiger partial charge in [0, 0.05) is 18.8 Å². The molecule has 3 rings (SSSR count). The lowest BCUT2D eigenvalue weighted by Gasteiger charge is -2.09. The van der Waals surface area contributed by atoms with Crippen molar-refractivity contribution in [2.24, 2.45) is 0 Å². The summed E-state index contributed by atoms with van der Waals surface area (Å²) in [7, 11) is 1.66. The summed E-state index contributed by atoms with van der Waals surface area (Å²) < 4.78 is 5.17. The van der Waals surface area contributed by atoms with Crippen LogP contribution in [0.1, 0.15) is 16.7 Å². The molecule has 0 atom stereocenters. The Morgan fingerprint density at radius 3 is 2.07 bits per heavy atom. The summed E-state index contributed by atoms with van der Waals surface area (Å²) in [6.07, 6.45) is 0.381. The highest BCUT2D eigenvalue weighted by atomic mass is 16.5. The van der Waals surface area contributed by atoms with Crippen LogP contribution in [0.25, 0.3) is 0 Å². The second-order valence-electron chi connectivity index (χ2n) is 6.34. The summed E-state index contributed by atoms with van der Waals surface area (Å²) in [4.78, 5) is 12.1. The molecule has 0 fully saturated rings. The summed E-state index contributed by atoms with van der Waals surface area (Å²) >= 11 is 0. The molecule has 2 N–H and O–H groups in total. The smallest absolute Gasteiger partial charge is 0.224 e. The van der Waals surface area contributed by atoms with Crippen molar-refractivity contribution in [3.63, 3.8) is 0 Å². The van der Waals surface area contributed by atoms with Crippen molar-refractivity contribution in [1.82, 2.24) is 5.32 Å². The molecule has 0 unspecified atom stereocenters. The van der Waals surface area contributed by atoms with Gasteiger partial charge in [-0.15, -0.1) is 0 Å². The largest absolute Gasteiger partial charge is 0.497 e. The molecule has 3 aromatic carbocycles. The van der Waals surface area contributed by atoms with E-state index in [1.54, 1.807) is 7.11 Å². The number of ether oxygens (including phenoxy) is 1. The maximum Gasteiger partial charge on any atom is 0.224 e. The molecule has 27 heavy (non-hydrogen) atoms. The summed E-state index contributed by atoms with van der Waals surface area (Å²) in [5.74, 6) is 0.881. The monoisotopic (exact) mass is 360 g/mol. The third-order valence-electron chi connectivity index (χ3n) is 4.31. The van der Waals surface area contributed by atoms with Gasteiger partial charge >= 0.3 is 0 Å². The molecule has 0 aliphatic heterocycles. The number of carbonyl (C=O) groups excluding carboxylic acids is 1. The van der Waals surface area contributed by atoms with Crippen molar-refractivity contribution in [2.75, 3.05) is 12.4 Å². The Labute approximate surface area is 160 Å². The predicted octanol–water partition coefficient (Wildman–Crippen LogP) is 4.17. The van der Waals surface area contributed by atoms with E-state index in [4.69, 9.17) is 4.74 Å². The zero-order valence-corrected chi connectivity index (χ0v) is 15.4. The van der Waals surface area contributed by atoms with Gasteiger partial charge in [0.2, 0.25) is 5.91 Å². The molecule has 3 aromatic rings. The summed E-state index contributed by atoms with van der Waals surface area (Å²) in [5.41, 5.74) is 4.30. The average Bonchev–Trinajstić information content (AvgIpc) is 2.73. The quantitative estimate of drug-likeness (QED) is 0.634. The number of amides is 1. The Hall–Kier alpha value is -3.27. The first-order valence-electron chi connectivity index (χ1n) is 8.99.